The number of aromatic nitrogens is 1. The zero-order chi connectivity index (χ0) is 16.7. The highest BCUT2D eigenvalue weighted by atomic mass is 16.2. The first kappa shape index (κ1) is 17.0. The number of amides is 1. The fourth-order valence-corrected chi connectivity index (χ4v) is 2.44. The van der Waals surface area contributed by atoms with Crippen LogP contribution in [0.25, 0.3) is 0 Å². The van der Waals surface area contributed by atoms with E-state index in [4.69, 9.17) is 0 Å². The van der Waals surface area contributed by atoms with Gasteiger partial charge in [0, 0.05) is 19.3 Å². The van der Waals surface area contributed by atoms with E-state index < -0.39 is 0 Å². The molecule has 2 N–H and O–H groups in total. The zero-order valence-corrected chi connectivity index (χ0v) is 13.6. The Morgan fingerprint density at radius 1 is 1.09 bits per heavy atom. The first-order valence-corrected chi connectivity index (χ1v) is 7.90. The zero-order valence-electron chi connectivity index (χ0n) is 13.6. The van der Waals surface area contributed by atoms with Gasteiger partial charge in [-0.3, -0.25) is 14.5 Å². The van der Waals surface area contributed by atoms with Crippen molar-refractivity contribution < 1.29 is 4.79 Å². The number of aromatic amines is 1. The lowest BCUT2D eigenvalue weighted by molar-refractivity contribution is 0.0949. The third-order valence-electron chi connectivity index (χ3n) is 3.91. The van der Waals surface area contributed by atoms with E-state index in [2.05, 4.69) is 35.1 Å². The van der Waals surface area contributed by atoms with Crippen molar-refractivity contribution in [2.24, 2.45) is 0 Å². The number of benzene rings is 1. The molecule has 0 spiro atoms. The quantitative estimate of drug-likeness (QED) is 0.823. The van der Waals surface area contributed by atoms with Crippen LogP contribution in [0.5, 0.6) is 0 Å². The lowest BCUT2D eigenvalue weighted by Crippen LogP contribution is -2.29. The molecule has 5 heteroatoms. The van der Waals surface area contributed by atoms with E-state index in [1.807, 2.05) is 18.2 Å². The number of pyridine rings is 1. The van der Waals surface area contributed by atoms with E-state index in [9.17, 15) is 9.59 Å². The van der Waals surface area contributed by atoms with Gasteiger partial charge in [0.1, 0.15) is 5.56 Å². The Hall–Kier alpha value is -2.40. The molecule has 0 unspecified atom stereocenters. The summed E-state index contributed by atoms with van der Waals surface area (Å²) in [7, 11) is 0. The van der Waals surface area contributed by atoms with Crippen LogP contribution in [0.1, 0.15) is 35.3 Å². The molecule has 0 radical (unpaired) electrons. The molecule has 1 aromatic carbocycles. The summed E-state index contributed by atoms with van der Waals surface area (Å²) in [5.41, 5.74) is 2.02. The van der Waals surface area contributed by atoms with Crippen molar-refractivity contribution >= 4 is 5.91 Å². The van der Waals surface area contributed by atoms with Crippen LogP contribution in [-0.4, -0.2) is 28.9 Å². The fourth-order valence-electron chi connectivity index (χ4n) is 2.44. The average molecular weight is 313 g/mol. The van der Waals surface area contributed by atoms with E-state index in [0.717, 1.165) is 25.2 Å². The molecule has 1 aromatic heterocycles. The predicted molar refractivity (Wildman–Crippen MR) is 91.3 cm³/mol. The second-order valence-corrected chi connectivity index (χ2v) is 5.33. The Labute approximate surface area is 136 Å². The lowest BCUT2D eigenvalue weighted by atomic mass is 10.1. The standard InChI is InChI=1S/C18H23N3O2/c1-3-21(4-2)13-15-9-6-5-8-14(15)12-20-18(23)16-10-7-11-19-17(16)22/h5-11H,3-4,12-13H2,1-2H3,(H,19,22)(H,20,23). The molecule has 0 atom stereocenters. The molecular formula is C18H23N3O2. The molecule has 2 aromatic rings. The van der Waals surface area contributed by atoms with Crippen LogP contribution >= 0.6 is 0 Å². The van der Waals surface area contributed by atoms with Gasteiger partial charge >= 0.3 is 0 Å². The Morgan fingerprint density at radius 2 is 1.78 bits per heavy atom. The highest BCUT2D eigenvalue weighted by Crippen LogP contribution is 2.12. The number of hydrogen-bond acceptors (Lipinski definition) is 3. The van der Waals surface area contributed by atoms with Crippen LogP contribution in [0.4, 0.5) is 0 Å². The molecule has 0 aliphatic heterocycles. The summed E-state index contributed by atoms with van der Waals surface area (Å²) in [6, 6.07) is 11.2. The van der Waals surface area contributed by atoms with Gasteiger partial charge in [-0.2, -0.15) is 0 Å². The Bertz CT molecular complexity index is 705. The first-order chi connectivity index (χ1) is 11.2. The van der Waals surface area contributed by atoms with Crippen LogP contribution in [0.2, 0.25) is 0 Å². The second-order valence-electron chi connectivity index (χ2n) is 5.33. The summed E-state index contributed by atoms with van der Waals surface area (Å²) in [5, 5.41) is 2.83. The highest BCUT2D eigenvalue weighted by Gasteiger charge is 2.11. The van der Waals surface area contributed by atoms with E-state index in [-0.39, 0.29) is 17.0 Å². The third kappa shape index (κ3) is 4.53. The Kier molecular flexibility index (Phi) is 6.11. The number of rotatable bonds is 7. The van der Waals surface area contributed by atoms with Gasteiger partial charge in [-0.15, -0.1) is 0 Å². The normalized spacial score (nSPS) is 10.7. The van der Waals surface area contributed by atoms with Gasteiger partial charge in [0.2, 0.25) is 0 Å². The van der Waals surface area contributed by atoms with E-state index in [1.165, 1.54) is 17.8 Å². The maximum absolute atomic E-state index is 12.1. The fraction of sp³-hybridized carbons (Fsp3) is 0.333. The maximum Gasteiger partial charge on any atom is 0.260 e. The van der Waals surface area contributed by atoms with Crippen molar-refractivity contribution in [3.8, 4) is 0 Å². The number of nitrogens with zero attached hydrogens (tertiary/aromatic N) is 1. The van der Waals surface area contributed by atoms with Crippen molar-refractivity contribution in [3.63, 3.8) is 0 Å². The molecule has 0 saturated heterocycles. The van der Waals surface area contributed by atoms with Gasteiger partial charge in [0.15, 0.2) is 0 Å². The van der Waals surface area contributed by atoms with Gasteiger partial charge in [-0.1, -0.05) is 38.1 Å². The number of nitrogens with one attached hydrogen (secondary N) is 2. The van der Waals surface area contributed by atoms with Gasteiger partial charge < -0.3 is 10.3 Å². The summed E-state index contributed by atoms with van der Waals surface area (Å²) in [5.74, 6) is -0.357. The largest absolute Gasteiger partial charge is 0.348 e. The van der Waals surface area contributed by atoms with E-state index >= 15 is 0 Å². The van der Waals surface area contributed by atoms with Crippen molar-refractivity contribution in [1.82, 2.24) is 15.2 Å². The van der Waals surface area contributed by atoms with Gasteiger partial charge in [0.05, 0.1) is 0 Å². The molecule has 1 amide bonds. The Balaban J connectivity index is 2.07. The molecule has 1 heterocycles. The predicted octanol–water partition coefficient (Wildman–Crippen LogP) is 2.15. The van der Waals surface area contributed by atoms with Crippen molar-refractivity contribution in [1.29, 1.82) is 0 Å². The molecule has 0 aliphatic rings. The van der Waals surface area contributed by atoms with Crippen LogP contribution in [0.15, 0.2) is 47.4 Å². The highest BCUT2D eigenvalue weighted by molar-refractivity contribution is 5.93. The van der Waals surface area contributed by atoms with Crippen LogP contribution in [-0.2, 0) is 13.1 Å². The molecule has 23 heavy (non-hydrogen) atoms. The summed E-state index contributed by atoms with van der Waals surface area (Å²) in [4.78, 5) is 28.6. The minimum Gasteiger partial charge on any atom is -0.348 e. The number of carbonyl (C=O) groups is 1. The summed E-state index contributed by atoms with van der Waals surface area (Å²) < 4.78 is 0. The van der Waals surface area contributed by atoms with Gasteiger partial charge in [-0.25, -0.2) is 0 Å². The van der Waals surface area contributed by atoms with E-state index in [1.54, 1.807) is 6.07 Å². The maximum atomic E-state index is 12.1. The SMILES string of the molecule is CCN(CC)Cc1ccccc1CNC(=O)c1ccc[nH]c1=O. The molecule has 0 aliphatic carbocycles. The molecule has 2 rings (SSSR count). The molecule has 122 valence electrons. The van der Waals surface area contributed by atoms with Crippen LogP contribution < -0.4 is 10.9 Å². The second kappa shape index (κ2) is 8.29. The van der Waals surface area contributed by atoms with Crippen LogP contribution in [0.3, 0.4) is 0 Å². The first-order valence-electron chi connectivity index (χ1n) is 7.90. The van der Waals surface area contributed by atoms with Crippen molar-refractivity contribution in [3.05, 3.63) is 69.6 Å². The molecule has 5 nitrogen and oxygen atoms in total. The van der Waals surface area contributed by atoms with Crippen LogP contribution in [0, 0.1) is 0 Å². The van der Waals surface area contributed by atoms with Gasteiger partial charge in [-0.05, 0) is 36.3 Å². The average Bonchev–Trinajstić information content (AvgIpc) is 2.58. The summed E-state index contributed by atoms with van der Waals surface area (Å²) in [6.07, 6.45) is 1.51. The number of H-pyrrole nitrogens is 1. The molecule has 0 bridgehead atoms. The molecule has 0 saturated carbocycles. The molecule has 0 fully saturated rings. The minimum absolute atomic E-state index is 0.133. The number of carbonyl (C=O) groups excluding carboxylic acids is 1. The van der Waals surface area contributed by atoms with Crippen molar-refractivity contribution in [2.45, 2.75) is 26.9 Å². The topological polar surface area (TPSA) is 65.2 Å². The van der Waals surface area contributed by atoms with Gasteiger partial charge in [0.25, 0.3) is 11.5 Å². The van der Waals surface area contributed by atoms with Crippen molar-refractivity contribution in [2.75, 3.05) is 13.1 Å². The molecular weight excluding hydrogens is 290 g/mol. The lowest BCUT2D eigenvalue weighted by Gasteiger charge is -2.20. The minimum atomic E-state index is -0.374. The number of hydrogen-bond donors (Lipinski definition) is 2. The monoisotopic (exact) mass is 313 g/mol. The smallest absolute Gasteiger partial charge is 0.260 e. The summed E-state index contributed by atoms with van der Waals surface area (Å²) >= 11 is 0. The summed E-state index contributed by atoms with van der Waals surface area (Å²) in [6.45, 7) is 7.49. The third-order valence-corrected chi connectivity index (χ3v) is 3.91. The van der Waals surface area contributed by atoms with E-state index in [0.29, 0.717) is 6.54 Å². The Morgan fingerprint density at radius 3 is 2.43 bits per heavy atom.